The summed E-state index contributed by atoms with van der Waals surface area (Å²) in [6, 6.07) is 0. The highest BCUT2D eigenvalue weighted by Crippen LogP contribution is 2.67. The third kappa shape index (κ3) is 3.64. The number of ketones is 1. The fourth-order valence-electron chi connectivity index (χ4n) is 9.04. The maximum absolute atomic E-state index is 13.2. The van der Waals surface area contributed by atoms with Gasteiger partial charge >= 0.3 is 0 Å². The molecule has 4 aliphatic rings. The molecule has 166 valence electrons. The van der Waals surface area contributed by atoms with Crippen LogP contribution in [-0.2, 0) is 4.79 Å². The minimum atomic E-state index is -0.245. The number of rotatable bonds is 5. The highest BCUT2D eigenvalue weighted by atomic mass is 16.3. The van der Waals surface area contributed by atoms with Crippen LogP contribution in [-0.4, -0.2) is 17.0 Å². The average molecular weight is 403 g/mol. The molecule has 0 radical (unpaired) electrons. The minimum absolute atomic E-state index is 0.129. The smallest absolute Gasteiger partial charge is 0.136 e. The van der Waals surface area contributed by atoms with Crippen LogP contribution in [0.1, 0.15) is 105 Å². The fourth-order valence-corrected chi connectivity index (χ4v) is 9.04. The Kier molecular flexibility index (Phi) is 5.99. The summed E-state index contributed by atoms with van der Waals surface area (Å²) >= 11 is 0. The van der Waals surface area contributed by atoms with E-state index in [-0.39, 0.29) is 17.4 Å². The van der Waals surface area contributed by atoms with Crippen LogP contribution in [0.4, 0.5) is 0 Å². The van der Waals surface area contributed by atoms with Crippen LogP contribution in [0.3, 0.4) is 0 Å². The molecule has 0 spiro atoms. The van der Waals surface area contributed by atoms with E-state index in [2.05, 4.69) is 34.6 Å². The summed E-state index contributed by atoms with van der Waals surface area (Å²) in [4.78, 5) is 13.2. The molecule has 0 aromatic rings. The Labute approximate surface area is 179 Å². The zero-order valence-corrected chi connectivity index (χ0v) is 19.8. The van der Waals surface area contributed by atoms with E-state index in [1.165, 1.54) is 44.9 Å². The molecule has 9 atom stereocenters. The summed E-state index contributed by atoms with van der Waals surface area (Å²) in [5, 5.41) is 10.2. The molecular weight excluding hydrogens is 356 g/mol. The van der Waals surface area contributed by atoms with Crippen molar-refractivity contribution in [1.29, 1.82) is 0 Å². The molecule has 0 bridgehead atoms. The number of hydrogen-bond donors (Lipinski definition) is 1. The average Bonchev–Trinajstić information content (AvgIpc) is 3.00. The Bertz CT molecular complexity index is 612. The number of aliphatic hydroxyl groups excluding tert-OH is 1. The lowest BCUT2D eigenvalue weighted by Crippen LogP contribution is -2.57. The first-order valence-electron chi connectivity index (χ1n) is 12.9. The minimum Gasteiger partial charge on any atom is -0.393 e. The van der Waals surface area contributed by atoms with Crippen LogP contribution in [0.2, 0.25) is 0 Å². The summed E-state index contributed by atoms with van der Waals surface area (Å²) in [6.45, 7) is 12.2. The van der Waals surface area contributed by atoms with E-state index in [1.54, 1.807) is 0 Å². The van der Waals surface area contributed by atoms with Crippen LogP contribution < -0.4 is 0 Å². The van der Waals surface area contributed by atoms with Gasteiger partial charge in [-0.05, 0) is 91.3 Å². The SMILES string of the molecule is CC(C)CCC[C@H](C)[C@H]1CC[C@H]2[C@@H]3CC(=O)[C@@H]4C[C@@H](O)CC[C@]4(C)[C@H]3CC[C@]12C. The first-order valence-corrected chi connectivity index (χ1v) is 12.9. The van der Waals surface area contributed by atoms with Gasteiger partial charge in [0.2, 0.25) is 0 Å². The van der Waals surface area contributed by atoms with Gasteiger partial charge in [0.25, 0.3) is 0 Å². The van der Waals surface area contributed by atoms with Gasteiger partial charge in [-0.2, -0.15) is 0 Å². The lowest BCUT2D eigenvalue weighted by Gasteiger charge is -2.60. The molecule has 0 saturated heterocycles. The van der Waals surface area contributed by atoms with E-state index in [4.69, 9.17) is 0 Å². The van der Waals surface area contributed by atoms with Gasteiger partial charge in [-0.3, -0.25) is 4.79 Å². The van der Waals surface area contributed by atoms with Gasteiger partial charge in [-0.25, -0.2) is 0 Å². The normalized spacial score (nSPS) is 48.2. The number of hydrogen-bond acceptors (Lipinski definition) is 2. The largest absolute Gasteiger partial charge is 0.393 e. The third-order valence-corrected chi connectivity index (χ3v) is 10.6. The highest BCUT2D eigenvalue weighted by molar-refractivity contribution is 5.83. The zero-order valence-electron chi connectivity index (χ0n) is 19.8. The van der Waals surface area contributed by atoms with Gasteiger partial charge in [0.05, 0.1) is 6.10 Å². The Hall–Kier alpha value is -0.370. The summed E-state index contributed by atoms with van der Waals surface area (Å²) in [5.74, 6) is 5.21. The maximum atomic E-state index is 13.2. The Balaban J connectivity index is 1.50. The van der Waals surface area contributed by atoms with Crippen LogP contribution in [0.5, 0.6) is 0 Å². The molecule has 0 aromatic heterocycles. The topological polar surface area (TPSA) is 37.3 Å². The molecule has 1 N–H and O–H groups in total. The molecule has 0 aromatic carbocycles. The molecule has 4 fully saturated rings. The molecule has 29 heavy (non-hydrogen) atoms. The molecule has 4 rings (SSSR count). The summed E-state index contributed by atoms with van der Waals surface area (Å²) in [5.41, 5.74) is 0.609. The van der Waals surface area contributed by atoms with E-state index in [0.717, 1.165) is 49.4 Å². The van der Waals surface area contributed by atoms with Gasteiger partial charge in [0.1, 0.15) is 5.78 Å². The lowest BCUT2D eigenvalue weighted by molar-refractivity contribution is -0.160. The second-order valence-corrected chi connectivity index (χ2v) is 12.6. The van der Waals surface area contributed by atoms with E-state index in [1.807, 2.05) is 0 Å². The number of aliphatic hydroxyl groups is 1. The second-order valence-electron chi connectivity index (χ2n) is 12.6. The molecule has 4 aliphatic carbocycles. The van der Waals surface area contributed by atoms with Crippen LogP contribution in [0.25, 0.3) is 0 Å². The van der Waals surface area contributed by atoms with Crippen molar-refractivity contribution in [3.8, 4) is 0 Å². The van der Waals surface area contributed by atoms with Gasteiger partial charge in [-0.1, -0.05) is 53.9 Å². The van der Waals surface area contributed by atoms with Crippen molar-refractivity contribution in [2.75, 3.05) is 0 Å². The molecule has 0 aliphatic heterocycles. The monoisotopic (exact) mass is 402 g/mol. The molecule has 4 saturated carbocycles. The molecule has 0 amide bonds. The fraction of sp³-hybridized carbons (Fsp3) is 0.963. The maximum Gasteiger partial charge on any atom is 0.136 e. The van der Waals surface area contributed by atoms with Crippen molar-refractivity contribution < 1.29 is 9.90 Å². The van der Waals surface area contributed by atoms with Crippen molar-refractivity contribution in [2.45, 2.75) is 111 Å². The Morgan fingerprint density at radius 2 is 1.66 bits per heavy atom. The number of Topliss-reactive ketones (excluding diaryl/α,β-unsaturated/α-hetero) is 1. The Morgan fingerprint density at radius 1 is 0.966 bits per heavy atom. The van der Waals surface area contributed by atoms with E-state index in [9.17, 15) is 9.90 Å². The first-order chi connectivity index (χ1) is 13.7. The van der Waals surface area contributed by atoms with Crippen molar-refractivity contribution in [1.82, 2.24) is 0 Å². The summed E-state index contributed by atoms with van der Waals surface area (Å²) in [6.07, 6.45) is 12.8. The van der Waals surface area contributed by atoms with Crippen LogP contribution in [0.15, 0.2) is 0 Å². The van der Waals surface area contributed by atoms with Gasteiger partial charge in [-0.15, -0.1) is 0 Å². The van der Waals surface area contributed by atoms with Crippen LogP contribution in [0, 0.1) is 52.3 Å². The molecule has 0 heterocycles. The van der Waals surface area contributed by atoms with Gasteiger partial charge in [0, 0.05) is 12.3 Å². The van der Waals surface area contributed by atoms with Crippen LogP contribution >= 0.6 is 0 Å². The standard InChI is InChI=1S/C27H46O2/c1-17(2)7-6-8-18(3)21-9-10-22-20-16-25(29)24-15-19(28)11-13-27(24,5)23(20)12-14-26(21,22)4/h17-24,28H,6-16H2,1-5H3/t18-,19-,20-,21+,22-,23-,24-,26+,27+/m0/s1. The quantitative estimate of drug-likeness (QED) is 0.559. The van der Waals surface area contributed by atoms with E-state index in [0.29, 0.717) is 23.0 Å². The predicted molar refractivity (Wildman–Crippen MR) is 119 cm³/mol. The highest BCUT2D eigenvalue weighted by Gasteiger charge is 2.62. The number of carbonyl (C=O) groups is 1. The van der Waals surface area contributed by atoms with Gasteiger partial charge < -0.3 is 5.11 Å². The molecule has 2 heteroatoms. The number of fused-ring (bicyclic) bond motifs is 5. The van der Waals surface area contributed by atoms with Crippen molar-refractivity contribution in [3.63, 3.8) is 0 Å². The zero-order chi connectivity index (χ0) is 21.0. The third-order valence-electron chi connectivity index (χ3n) is 10.6. The van der Waals surface area contributed by atoms with E-state index < -0.39 is 0 Å². The van der Waals surface area contributed by atoms with Gasteiger partial charge in [0.15, 0.2) is 0 Å². The second kappa shape index (κ2) is 7.95. The lowest BCUT2D eigenvalue weighted by atomic mass is 9.44. The van der Waals surface area contributed by atoms with Crippen molar-refractivity contribution in [3.05, 3.63) is 0 Å². The molecular formula is C27H46O2. The molecule has 0 unspecified atom stereocenters. The van der Waals surface area contributed by atoms with E-state index >= 15 is 0 Å². The number of carbonyl (C=O) groups excluding carboxylic acids is 1. The first kappa shape index (κ1) is 21.8. The van der Waals surface area contributed by atoms with Crippen molar-refractivity contribution >= 4 is 5.78 Å². The van der Waals surface area contributed by atoms with Crippen molar-refractivity contribution in [2.24, 2.45) is 52.3 Å². The summed E-state index contributed by atoms with van der Waals surface area (Å²) < 4.78 is 0. The Morgan fingerprint density at radius 3 is 2.38 bits per heavy atom. The molecule has 2 nitrogen and oxygen atoms in total. The summed E-state index contributed by atoms with van der Waals surface area (Å²) in [7, 11) is 0. The predicted octanol–water partition coefficient (Wildman–Crippen LogP) is 6.65.